The summed E-state index contributed by atoms with van der Waals surface area (Å²) in [5.74, 6) is -0.404. The average molecular weight is 248 g/mol. The molecule has 0 aromatic rings. The second-order valence-corrected chi connectivity index (χ2v) is 3.96. The number of carbonyl (C=O) groups excluding carboxylic acids is 1. The summed E-state index contributed by atoms with van der Waals surface area (Å²) < 4.78 is 15.3. The van der Waals surface area contributed by atoms with Gasteiger partial charge in [-0.2, -0.15) is 0 Å². The first-order valence-electron chi connectivity index (χ1n) is 5.77. The summed E-state index contributed by atoms with van der Waals surface area (Å²) in [4.78, 5) is 11.1. The van der Waals surface area contributed by atoms with Crippen molar-refractivity contribution in [3.8, 4) is 0 Å². The van der Waals surface area contributed by atoms with Crippen molar-refractivity contribution in [2.45, 2.75) is 25.9 Å². The van der Waals surface area contributed by atoms with Crippen molar-refractivity contribution < 1.29 is 19.0 Å². The highest BCUT2D eigenvalue weighted by Crippen LogP contribution is 1.89. The van der Waals surface area contributed by atoms with E-state index in [2.05, 4.69) is 5.32 Å². The normalized spacial score (nSPS) is 12.9. The maximum Gasteiger partial charge on any atom is 0.236 e. The number of carbonyl (C=O) groups is 1. The van der Waals surface area contributed by atoms with E-state index >= 15 is 0 Å². The molecule has 3 N–H and O–H groups in total. The van der Waals surface area contributed by atoms with E-state index < -0.39 is 11.9 Å². The molecule has 0 rings (SSSR count). The van der Waals surface area contributed by atoms with Crippen LogP contribution in [0.2, 0.25) is 0 Å². The van der Waals surface area contributed by atoms with Crippen molar-refractivity contribution in [2.24, 2.45) is 5.73 Å². The lowest BCUT2D eigenvalue weighted by Gasteiger charge is -2.18. The molecule has 6 heteroatoms. The van der Waals surface area contributed by atoms with E-state index in [0.717, 1.165) is 0 Å². The Bertz CT molecular complexity index is 200. The first-order valence-corrected chi connectivity index (χ1v) is 5.77. The van der Waals surface area contributed by atoms with Gasteiger partial charge in [0.05, 0.1) is 33.0 Å². The van der Waals surface area contributed by atoms with Crippen molar-refractivity contribution in [2.75, 3.05) is 40.1 Å². The van der Waals surface area contributed by atoms with E-state index in [1.807, 2.05) is 13.8 Å². The molecular formula is C11H24N2O4. The molecule has 0 aromatic carbocycles. The molecule has 6 nitrogen and oxygen atoms in total. The molecule has 0 saturated carbocycles. The molecule has 17 heavy (non-hydrogen) atoms. The lowest BCUT2D eigenvalue weighted by atomic mass is 10.2. The van der Waals surface area contributed by atoms with Crippen molar-refractivity contribution >= 4 is 5.91 Å². The first-order chi connectivity index (χ1) is 8.07. The van der Waals surface area contributed by atoms with Crippen LogP contribution in [0.5, 0.6) is 0 Å². The maximum absolute atomic E-state index is 11.1. The molecular weight excluding hydrogens is 224 g/mol. The first kappa shape index (κ1) is 16.3. The molecule has 0 heterocycles. The molecule has 0 aliphatic rings. The third kappa shape index (κ3) is 10.2. The summed E-state index contributed by atoms with van der Waals surface area (Å²) in [6.45, 7) is 6.20. The largest absolute Gasteiger partial charge is 0.382 e. The zero-order chi connectivity index (χ0) is 13.1. The quantitative estimate of drug-likeness (QED) is 0.482. The number of hydrogen-bond donors (Lipinski definition) is 2. The zero-order valence-corrected chi connectivity index (χ0v) is 10.9. The summed E-state index contributed by atoms with van der Waals surface area (Å²) in [6.07, 6.45) is 0. The molecule has 1 amide bonds. The van der Waals surface area contributed by atoms with Gasteiger partial charge in [0.15, 0.2) is 0 Å². The number of hydrogen-bond acceptors (Lipinski definition) is 5. The van der Waals surface area contributed by atoms with E-state index in [9.17, 15) is 4.79 Å². The third-order valence-electron chi connectivity index (χ3n) is 1.97. The molecule has 1 atom stereocenters. The monoisotopic (exact) mass is 248 g/mol. The van der Waals surface area contributed by atoms with Crippen LogP contribution in [-0.4, -0.2) is 58.1 Å². The molecule has 1 unspecified atom stereocenters. The highest BCUT2D eigenvalue weighted by Gasteiger charge is 2.15. The molecule has 0 saturated heterocycles. The molecule has 0 radical (unpaired) electrons. The van der Waals surface area contributed by atoms with Gasteiger partial charge in [0.25, 0.3) is 0 Å². The maximum atomic E-state index is 11.1. The van der Waals surface area contributed by atoms with Crippen LogP contribution in [0, 0.1) is 0 Å². The molecule has 102 valence electrons. The zero-order valence-electron chi connectivity index (χ0n) is 10.9. The molecule has 0 aliphatic heterocycles. The summed E-state index contributed by atoms with van der Waals surface area (Å²) >= 11 is 0. The van der Waals surface area contributed by atoms with Gasteiger partial charge in [-0.15, -0.1) is 0 Å². The molecule has 0 fully saturated rings. The minimum atomic E-state index is -0.450. The predicted molar refractivity (Wildman–Crippen MR) is 64.8 cm³/mol. The standard InChI is InChI=1S/C11H24N2O4/c1-9(2)13-10(11(12)14)8-17-7-6-16-5-4-15-3/h9-10,13H,4-8H2,1-3H3,(H2,12,14). The Kier molecular flexibility index (Phi) is 10.0. The van der Waals surface area contributed by atoms with E-state index in [1.54, 1.807) is 7.11 Å². The van der Waals surface area contributed by atoms with Gasteiger partial charge in [-0.3, -0.25) is 4.79 Å². The summed E-state index contributed by atoms with van der Waals surface area (Å²) in [6, 6.07) is -0.261. The molecule has 0 aromatic heterocycles. The smallest absolute Gasteiger partial charge is 0.236 e. The topological polar surface area (TPSA) is 82.8 Å². The third-order valence-corrected chi connectivity index (χ3v) is 1.97. The second kappa shape index (κ2) is 10.5. The second-order valence-electron chi connectivity index (χ2n) is 3.96. The SMILES string of the molecule is COCCOCCOCC(NC(C)C)C(N)=O. The van der Waals surface area contributed by atoms with Crippen LogP contribution in [0.3, 0.4) is 0 Å². The Labute approximate surface area is 103 Å². The van der Waals surface area contributed by atoms with Crippen LogP contribution in [0.1, 0.15) is 13.8 Å². The van der Waals surface area contributed by atoms with Crippen molar-refractivity contribution in [1.29, 1.82) is 0 Å². The number of rotatable bonds is 11. The van der Waals surface area contributed by atoms with Crippen molar-refractivity contribution in [1.82, 2.24) is 5.32 Å². The minimum Gasteiger partial charge on any atom is -0.382 e. The van der Waals surface area contributed by atoms with Crippen molar-refractivity contribution in [3.05, 3.63) is 0 Å². The fourth-order valence-corrected chi connectivity index (χ4v) is 1.18. The number of amides is 1. The van der Waals surface area contributed by atoms with Gasteiger partial charge >= 0.3 is 0 Å². The predicted octanol–water partition coefficient (Wildman–Crippen LogP) is -0.482. The van der Waals surface area contributed by atoms with Gasteiger partial charge in [0.1, 0.15) is 6.04 Å². The summed E-state index contributed by atoms with van der Waals surface area (Å²) in [5, 5.41) is 3.03. The Balaban J connectivity index is 3.51. The molecule has 0 spiro atoms. The van der Waals surface area contributed by atoms with E-state index in [0.29, 0.717) is 26.4 Å². The number of ether oxygens (including phenoxy) is 3. The van der Waals surface area contributed by atoms with Gasteiger partial charge in [0.2, 0.25) is 5.91 Å². The lowest BCUT2D eigenvalue weighted by Crippen LogP contribution is -2.47. The Morgan fingerprint density at radius 2 is 1.76 bits per heavy atom. The van der Waals surface area contributed by atoms with Crippen LogP contribution >= 0.6 is 0 Å². The van der Waals surface area contributed by atoms with E-state index in [1.165, 1.54) is 0 Å². The van der Waals surface area contributed by atoms with Crippen LogP contribution in [-0.2, 0) is 19.0 Å². The Hall–Kier alpha value is -0.690. The highest BCUT2D eigenvalue weighted by atomic mass is 16.5. The van der Waals surface area contributed by atoms with E-state index in [-0.39, 0.29) is 12.6 Å². The van der Waals surface area contributed by atoms with Crippen molar-refractivity contribution in [3.63, 3.8) is 0 Å². The summed E-state index contributed by atoms with van der Waals surface area (Å²) in [7, 11) is 1.62. The Morgan fingerprint density at radius 3 is 2.29 bits per heavy atom. The van der Waals surface area contributed by atoms with E-state index in [4.69, 9.17) is 19.9 Å². The fourth-order valence-electron chi connectivity index (χ4n) is 1.18. The number of methoxy groups -OCH3 is 1. The Morgan fingerprint density at radius 1 is 1.18 bits per heavy atom. The average Bonchev–Trinajstić information content (AvgIpc) is 2.25. The van der Waals surface area contributed by atoms with Crippen LogP contribution in [0.4, 0.5) is 0 Å². The van der Waals surface area contributed by atoms with Gasteiger partial charge < -0.3 is 25.3 Å². The van der Waals surface area contributed by atoms with Crippen LogP contribution in [0.15, 0.2) is 0 Å². The minimum absolute atomic E-state index is 0.189. The summed E-state index contributed by atoms with van der Waals surface area (Å²) in [5.41, 5.74) is 5.24. The van der Waals surface area contributed by atoms with Gasteiger partial charge in [-0.25, -0.2) is 0 Å². The number of nitrogens with two attached hydrogens (primary N) is 1. The van der Waals surface area contributed by atoms with Gasteiger partial charge in [-0.05, 0) is 0 Å². The highest BCUT2D eigenvalue weighted by molar-refractivity contribution is 5.80. The molecule has 0 aliphatic carbocycles. The van der Waals surface area contributed by atoms with Crippen LogP contribution in [0.25, 0.3) is 0 Å². The van der Waals surface area contributed by atoms with Crippen LogP contribution < -0.4 is 11.1 Å². The van der Waals surface area contributed by atoms with Gasteiger partial charge in [-0.1, -0.05) is 13.8 Å². The molecule has 0 bridgehead atoms. The number of nitrogens with one attached hydrogen (secondary N) is 1. The lowest BCUT2D eigenvalue weighted by molar-refractivity contribution is -0.121. The number of primary amides is 1. The fraction of sp³-hybridized carbons (Fsp3) is 0.909. The van der Waals surface area contributed by atoms with Gasteiger partial charge in [0, 0.05) is 13.2 Å².